The third kappa shape index (κ3) is 4.94. The zero-order valence-electron chi connectivity index (χ0n) is 17.2. The van der Waals surface area contributed by atoms with E-state index in [1.54, 1.807) is 0 Å². The van der Waals surface area contributed by atoms with Gasteiger partial charge in [0.2, 0.25) is 0 Å². The summed E-state index contributed by atoms with van der Waals surface area (Å²) in [7, 11) is 0. The second-order valence-corrected chi connectivity index (χ2v) is 8.75. The minimum atomic E-state index is 0.293. The number of hydrogen-bond donors (Lipinski definition) is 1. The van der Waals surface area contributed by atoms with Gasteiger partial charge in [-0.05, 0) is 63.5 Å². The Morgan fingerprint density at radius 3 is 2.46 bits per heavy atom. The Morgan fingerprint density at radius 2 is 1.73 bits per heavy atom. The number of rotatable bonds is 5. The summed E-state index contributed by atoms with van der Waals surface area (Å²) in [6, 6.07) is 7.82. The van der Waals surface area contributed by atoms with Gasteiger partial charge in [0.1, 0.15) is 0 Å². The maximum atomic E-state index is 5.05. The number of pyridine rings is 1. The predicted molar refractivity (Wildman–Crippen MR) is 111 cm³/mol. The first kappa shape index (κ1) is 19.5. The van der Waals surface area contributed by atoms with Gasteiger partial charge < -0.3 is 5.32 Å². The van der Waals surface area contributed by atoms with Gasteiger partial charge in [0.05, 0.1) is 23.1 Å². The predicted octanol–water partition coefficient (Wildman–Crippen LogP) is 5.70. The van der Waals surface area contributed by atoms with Crippen LogP contribution >= 0.6 is 0 Å². The van der Waals surface area contributed by atoms with E-state index in [1.165, 1.54) is 51.4 Å². The van der Waals surface area contributed by atoms with Crippen molar-refractivity contribution < 1.29 is 0 Å². The average molecular weight is 356 g/mol. The van der Waals surface area contributed by atoms with Crippen molar-refractivity contribution in [3.8, 4) is 0 Å². The van der Waals surface area contributed by atoms with Crippen molar-refractivity contribution >= 4 is 5.71 Å². The summed E-state index contributed by atoms with van der Waals surface area (Å²) >= 11 is 0. The molecule has 0 radical (unpaired) electrons. The van der Waals surface area contributed by atoms with Crippen molar-refractivity contribution in [3.63, 3.8) is 0 Å². The Morgan fingerprint density at radius 1 is 1.04 bits per heavy atom. The maximum absolute atomic E-state index is 5.05. The minimum Gasteiger partial charge on any atom is -0.306 e. The van der Waals surface area contributed by atoms with Crippen LogP contribution in [0, 0.1) is 11.8 Å². The van der Waals surface area contributed by atoms with Gasteiger partial charge in [0.15, 0.2) is 0 Å². The van der Waals surface area contributed by atoms with E-state index in [-0.39, 0.29) is 0 Å². The molecule has 144 valence electrons. The van der Waals surface area contributed by atoms with Gasteiger partial charge in [-0.15, -0.1) is 0 Å². The van der Waals surface area contributed by atoms with Crippen LogP contribution in [-0.4, -0.2) is 22.8 Å². The lowest BCUT2D eigenvalue weighted by atomic mass is 9.85. The lowest BCUT2D eigenvalue weighted by Crippen LogP contribution is -2.39. The molecule has 0 aliphatic heterocycles. The summed E-state index contributed by atoms with van der Waals surface area (Å²) < 4.78 is 0. The summed E-state index contributed by atoms with van der Waals surface area (Å²) in [6.45, 7) is 9.12. The summed E-state index contributed by atoms with van der Waals surface area (Å²) in [4.78, 5) is 10.0. The van der Waals surface area contributed by atoms with E-state index in [0.29, 0.717) is 24.0 Å². The fraction of sp³-hybridized carbons (Fsp3) is 0.739. The van der Waals surface area contributed by atoms with E-state index >= 15 is 0 Å². The molecule has 2 aliphatic carbocycles. The topological polar surface area (TPSA) is 37.3 Å². The van der Waals surface area contributed by atoms with Gasteiger partial charge in [-0.2, -0.15) is 0 Å². The number of aliphatic imine (C=N–C) groups is 1. The number of nitrogens with zero attached hydrogens (tertiary/aromatic N) is 2. The highest BCUT2D eigenvalue weighted by Gasteiger charge is 2.24. The molecule has 2 saturated carbocycles. The highest BCUT2D eigenvalue weighted by Crippen LogP contribution is 2.28. The highest BCUT2D eigenvalue weighted by molar-refractivity contribution is 5.97. The molecule has 3 nitrogen and oxygen atoms in total. The first-order valence-electron chi connectivity index (χ1n) is 10.8. The molecule has 0 aromatic carbocycles. The molecule has 1 heterocycles. The molecule has 0 bridgehead atoms. The van der Waals surface area contributed by atoms with Crippen molar-refractivity contribution in [2.75, 3.05) is 0 Å². The molecule has 5 atom stereocenters. The number of aromatic nitrogens is 1. The molecule has 1 N–H and O–H groups in total. The van der Waals surface area contributed by atoms with Gasteiger partial charge >= 0.3 is 0 Å². The molecule has 1 aromatic rings. The van der Waals surface area contributed by atoms with E-state index < -0.39 is 0 Å². The van der Waals surface area contributed by atoms with Crippen molar-refractivity contribution in [1.82, 2.24) is 10.3 Å². The second kappa shape index (κ2) is 9.12. The fourth-order valence-electron chi connectivity index (χ4n) is 4.67. The van der Waals surface area contributed by atoms with Crippen LogP contribution in [0.1, 0.15) is 96.5 Å². The van der Waals surface area contributed by atoms with Gasteiger partial charge in [0.25, 0.3) is 0 Å². The van der Waals surface area contributed by atoms with E-state index in [4.69, 9.17) is 9.98 Å². The van der Waals surface area contributed by atoms with E-state index in [1.807, 2.05) is 0 Å². The van der Waals surface area contributed by atoms with Crippen LogP contribution in [0.25, 0.3) is 0 Å². The zero-order valence-corrected chi connectivity index (χ0v) is 17.2. The molecule has 0 spiro atoms. The Balaban J connectivity index is 1.68. The summed E-state index contributed by atoms with van der Waals surface area (Å²) in [5.41, 5.74) is 3.29. The van der Waals surface area contributed by atoms with Crippen molar-refractivity contribution in [3.05, 3.63) is 29.6 Å². The number of hydrogen-bond acceptors (Lipinski definition) is 3. The summed E-state index contributed by atoms with van der Waals surface area (Å²) in [5.74, 6) is 1.47. The van der Waals surface area contributed by atoms with Crippen LogP contribution in [0.3, 0.4) is 0 Å². The van der Waals surface area contributed by atoms with Gasteiger partial charge in [-0.25, -0.2) is 4.98 Å². The quantitative estimate of drug-likeness (QED) is 0.688. The van der Waals surface area contributed by atoms with Crippen LogP contribution in [0.4, 0.5) is 0 Å². The Hall–Kier alpha value is -1.22. The fourth-order valence-corrected chi connectivity index (χ4v) is 4.67. The molecule has 2 fully saturated rings. The maximum Gasteiger partial charge on any atom is 0.0841 e. The van der Waals surface area contributed by atoms with Gasteiger partial charge in [0, 0.05) is 12.1 Å². The molecule has 3 heteroatoms. The monoisotopic (exact) mass is 355 g/mol. The van der Waals surface area contributed by atoms with E-state index in [0.717, 1.165) is 23.0 Å². The van der Waals surface area contributed by atoms with Crippen LogP contribution in [0.15, 0.2) is 23.2 Å². The third-order valence-electron chi connectivity index (χ3n) is 6.59. The normalized spacial score (nSPS) is 31.6. The molecule has 3 rings (SSSR count). The molecule has 26 heavy (non-hydrogen) atoms. The summed E-state index contributed by atoms with van der Waals surface area (Å²) in [5, 5.41) is 3.84. The molecular formula is C23H37N3. The third-order valence-corrected chi connectivity index (χ3v) is 6.59. The summed E-state index contributed by atoms with van der Waals surface area (Å²) in [6.07, 6.45) is 10.6. The lowest BCUT2D eigenvalue weighted by molar-refractivity contribution is 0.262. The lowest BCUT2D eigenvalue weighted by Gasteiger charge is -2.32. The van der Waals surface area contributed by atoms with Crippen LogP contribution in [0.2, 0.25) is 0 Å². The standard InChI is InChI=1S/C23H37N3/c1-16-10-5-7-12-20(16)24-18(3)22-14-9-15-23(26-22)19(4)25-21-13-8-6-11-17(21)2/h9,14-18,20-21,24H,5-8,10-13H2,1-4H3. The van der Waals surface area contributed by atoms with Crippen LogP contribution < -0.4 is 5.32 Å². The minimum absolute atomic E-state index is 0.293. The molecule has 0 amide bonds. The molecular weight excluding hydrogens is 318 g/mol. The molecule has 1 aromatic heterocycles. The largest absolute Gasteiger partial charge is 0.306 e. The van der Waals surface area contributed by atoms with Crippen molar-refractivity contribution in [2.45, 2.75) is 97.2 Å². The highest BCUT2D eigenvalue weighted by atomic mass is 15.0. The van der Waals surface area contributed by atoms with Crippen LogP contribution in [0.5, 0.6) is 0 Å². The first-order chi connectivity index (χ1) is 12.5. The molecule has 0 saturated heterocycles. The van der Waals surface area contributed by atoms with Crippen molar-refractivity contribution in [2.24, 2.45) is 16.8 Å². The zero-order chi connectivity index (χ0) is 18.5. The van der Waals surface area contributed by atoms with E-state index in [9.17, 15) is 0 Å². The van der Waals surface area contributed by atoms with Gasteiger partial charge in [-0.1, -0.05) is 45.6 Å². The van der Waals surface area contributed by atoms with Crippen LogP contribution in [-0.2, 0) is 0 Å². The van der Waals surface area contributed by atoms with E-state index in [2.05, 4.69) is 51.2 Å². The Bertz CT molecular complexity index is 609. The SMILES string of the molecule is CC(=NC1CCCCC1C)c1cccc(C(C)NC2CCCCC2C)n1. The first-order valence-corrected chi connectivity index (χ1v) is 10.8. The van der Waals surface area contributed by atoms with Crippen molar-refractivity contribution in [1.29, 1.82) is 0 Å². The Labute approximate surface area is 160 Å². The van der Waals surface area contributed by atoms with Gasteiger partial charge in [-0.3, -0.25) is 4.99 Å². The average Bonchev–Trinajstić information content (AvgIpc) is 2.65. The second-order valence-electron chi connectivity index (χ2n) is 8.75. The smallest absolute Gasteiger partial charge is 0.0841 e. The number of nitrogens with one attached hydrogen (secondary N) is 1. The Kier molecular flexibility index (Phi) is 6.86. The molecule has 2 aliphatic rings. The molecule has 5 unspecified atom stereocenters.